The van der Waals surface area contributed by atoms with Gasteiger partial charge in [0, 0.05) is 13.5 Å². The van der Waals surface area contributed by atoms with Gasteiger partial charge >= 0.3 is 11.9 Å². The van der Waals surface area contributed by atoms with E-state index in [0.29, 0.717) is 32.1 Å². The number of cyclic esters (lactones) is 1. The van der Waals surface area contributed by atoms with Crippen LogP contribution in [-0.4, -0.2) is 59.6 Å². The van der Waals surface area contributed by atoms with E-state index < -0.39 is 53.2 Å². The number of rotatable bonds is 1. The summed E-state index contributed by atoms with van der Waals surface area (Å²) in [5.41, 5.74) is -1.71. The number of esters is 2. The summed E-state index contributed by atoms with van der Waals surface area (Å²) in [6.07, 6.45) is 0.995. The molecule has 4 aliphatic rings. The van der Waals surface area contributed by atoms with Crippen molar-refractivity contribution in [1.82, 2.24) is 0 Å². The van der Waals surface area contributed by atoms with Crippen LogP contribution in [0.15, 0.2) is 0 Å². The van der Waals surface area contributed by atoms with Gasteiger partial charge in [-0.2, -0.15) is 0 Å². The van der Waals surface area contributed by atoms with E-state index in [-0.39, 0.29) is 6.10 Å². The van der Waals surface area contributed by atoms with E-state index in [1.165, 1.54) is 7.11 Å². The fourth-order valence-corrected chi connectivity index (χ4v) is 5.42. The van der Waals surface area contributed by atoms with Crippen molar-refractivity contribution in [1.29, 1.82) is 0 Å². The fourth-order valence-electron chi connectivity index (χ4n) is 5.42. The minimum Gasteiger partial charge on any atom is -0.462 e. The molecule has 1 aliphatic carbocycles. The Hall–Kier alpha value is -1.22. The third-order valence-corrected chi connectivity index (χ3v) is 6.46. The first kappa shape index (κ1) is 19.1. The van der Waals surface area contributed by atoms with Gasteiger partial charge in [0.25, 0.3) is 0 Å². The number of hydrogen-bond donors (Lipinski definition) is 1. The zero-order chi connectivity index (χ0) is 19.6. The topological polar surface area (TPSA) is 101 Å². The maximum absolute atomic E-state index is 12.8. The highest BCUT2D eigenvalue weighted by Gasteiger charge is 2.75. The second-order valence-electron chi connectivity index (χ2n) is 8.59. The highest BCUT2D eigenvalue weighted by Crippen LogP contribution is 2.58. The lowest BCUT2D eigenvalue weighted by Crippen LogP contribution is -2.77. The first-order valence-electron chi connectivity index (χ1n) is 9.70. The van der Waals surface area contributed by atoms with Crippen molar-refractivity contribution in [3.05, 3.63) is 0 Å². The standard InChI is InChI=1S/C19H28O8/c1-10-6-5-7-12-19(22)14-11(25-16(21)13(14)15(20)24-10)8-9-18(19,23-4)27-17(2,3)26-12/h10-14,22H,5-9H2,1-4H3/t10-,11-,12+,13-,14+,18-,19+/m0/s1. The van der Waals surface area contributed by atoms with Crippen LogP contribution in [0.4, 0.5) is 0 Å². The van der Waals surface area contributed by atoms with Gasteiger partial charge < -0.3 is 28.8 Å². The smallest absolute Gasteiger partial charge is 0.321 e. The summed E-state index contributed by atoms with van der Waals surface area (Å²) in [5, 5.41) is 12.0. The molecule has 0 radical (unpaired) electrons. The molecule has 0 unspecified atom stereocenters. The van der Waals surface area contributed by atoms with Gasteiger partial charge in [0.15, 0.2) is 17.3 Å². The predicted molar refractivity (Wildman–Crippen MR) is 90.2 cm³/mol. The van der Waals surface area contributed by atoms with Crippen LogP contribution in [0.25, 0.3) is 0 Å². The average molecular weight is 384 g/mol. The van der Waals surface area contributed by atoms with Gasteiger partial charge in [0.05, 0.1) is 18.1 Å². The SMILES string of the molecule is CO[C@@]12CC[C@@H]3OC(=O)[C@@H]4C(=O)O[C@@H](C)CCC[C@@H](OC(C)(C)O1)[C@@]2(O)[C@@H]43. The molecule has 0 aromatic heterocycles. The van der Waals surface area contributed by atoms with Gasteiger partial charge in [-0.05, 0) is 46.5 Å². The van der Waals surface area contributed by atoms with Crippen LogP contribution in [0.5, 0.6) is 0 Å². The Morgan fingerprint density at radius 3 is 2.52 bits per heavy atom. The van der Waals surface area contributed by atoms with Crippen LogP contribution < -0.4 is 0 Å². The molecule has 3 heterocycles. The molecule has 1 N–H and O–H groups in total. The fraction of sp³-hybridized carbons (Fsp3) is 0.895. The molecular weight excluding hydrogens is 356 g/mol. The Morgan fingerprint density at radius 1 is 1.11 bits per heavy atom. The molecule has 4 fully saturated rings. The molecule has 27 heavy (non-hydrogen) atoms. The Labute approximate surface area is 158 Å². The second kappa shape index (κ2) is 6.14. The third-order valence-electron chi connectivity index (χ3n) is 6.46. The molecule has 0 bridgehead atoms. The first-order valence-corrected chi connectivity index (χ1v) is 9.70. The Morgan fingerprint density at radius 2 is 1.81 bits per heavy atom. The van der Waals surface area contributed by atoms with Gasteiger partial charge in [-0.1, -0.05) is 0 Å². The summed E-state index contributed by atoms with van der Waals surface area (Å²) < 4.78 is 29.0. The van der Waals surface area contributed by atoms with Gasteiger partial charge in [-0.25, -0.2) is 0 Å². The van der Waals surface area contributed by atoms with E-state index in [0.717, 1.165) is 0 Å². The summed E-state index contributed by atoms with van der Waals surface area (Å²) in [6.45, 7) is 5.37. The van der Waals surface area contributed by atoms with Crippen LogP contribution in [0.3, 0.4) is 0 Å². The van der Waals surface area contributed by atoms with Crippen LogP contribution in [0.2, 0.25) is 0 Å². The molecule has 8 nitrogen and oxygen atoms in total. The lowest BCUT2D eigenvalue weighted by atomic mass is 9.61. The number of carbonyl (C=O) groups is 2. The van der Waals surface area contributed by atoms with E-state index in [1.54, 1.807) is 20.8 Å². The molecule has 3 saturated heterocycles. The molecule has 8 heteroatoms. The van der Waals surface area contributed by atoms with E-state index in [9.17, 15) is 14.7 Å². The average Bonchev–Trinajstić information content (AvgIpc) is 2.92. The van der Waals surface area contributed by atoms with Crippen molar-refractivity contribution < 1.29 is 38.4 Å². The van der Waals surface area contributed by atoms with Crippen molar-refractivity contribution in [2.45, 2.75) is 88.4 Å². The maximum atomic E-state index is 12.8. The van der Waals surface area contributed by atoms with Gasteiger partial charge in [0.2, 0.25) is 5.79 Å². The van der Waals surface area contributed by atoms with E-state index >= 15 is 0 Å². The van der Waals surface area contributed by atoms with Crippen molar-refractivity contribution in [3.63, 3.8) is 0 Å². The molecule has 0 aromatic rings. The minimum atomic E-state index is -1.71. The minimum absolute atomic E-state index is 0.320. The highest BCUT2D eigenvalue weighted by molar-refractivity contribution is 5.97. The molecule has 0 amide bonds. The molecule has 4 rings (SSSR count). The van der Waals surface area contributed by atoms with E-state index in [1.807, 2.05) is 0 Å². The Balaban J connectivity index is 1.86. The second-order valence-corrected chi connectivity index (χ2v) is 8.59. The zero-order valence-corrected chi connectivity index (χ0v) is 16.2. The largest absolute Gasteiger partial charge is 0.462 e. The van der Waals surface area contributed by atoms with Gasteiger partial charge in [-0.3, -0.25) is 9.59 Å². The maximum Gasteiger partial charge on any atom is 0.321 e. The predicted octanol–water partition coefficient (Wildman–Crippen LogP) is 1.28. The van der Waals surface area contributed by atoms with E-state index in [4.69, 9.17) is 23.7 Å². The summed E-state index contributed by atoms with van der Waals surface area (Å²) in [6, 6.07) is 0. The molecule has 1 saturated carbocycles. The van der Waals surface area contributed by atoms with Crippen molar-refractivity contribution in [2.75, 3.05) is 7.11 Å². The number of ether oxygens (including phenoxy) is 5. The Kier molecular flexibility index (Phi) is 4.34. The van der Waals surface area contributed by atoms with Crippen molar-refractivity contribution >= 4 is 11.9 Å². The van der Waals surface area contributed by atoms with Crippen LogP contribution >= 0.6 is 0 Å². The van der Waals surface area contributed by atoms with Gasteiger partial charge in [0.1, 0.15) is 6.10 Å². The van der Waals surface area contributed by atoms with Gasteiger partial charge in [-0.15, -0.1) is 0 Å². The summed E-state index contributed by atoms with van der Waals surface area (Å²) in [7, 11) is 1.47. The van der Waals surface area contributed by atoms with Crippen LogP contribution in [0.1, 0.15) is 52.9 Å². The molecule has 7 atom stereocenters. The Bertz CT molecular complexity index is 648. The summed E-state index contributed by atoms with van der Waals surface area (Å²) in [4.78, 5) is 25.3. The summed E-state index contributed by atoms with van der Waals surface area (Å²) in [5.74, 6) is -5.76. The highest BCUT2D eigenvalue weighted by atomic mass is 16.8. The lowest BCUT2D eigenvalue weighted by Gasteiger charge is -2.62. The van der Waals surface area contributed by atoms with Crippen LogP contribution in [0, 0.1) is 11.8 Å². The summed E-state index contributed by atoms with van der Waals surface area (Å²) >= 11 is 0. The normalized spacial score (nSPS) is 49.0. The first-order chi connectivity index (χ1) is 12.6. The third kappa shape index (κ3) is 2.64. The lowest BCUT2D eigenvalue weighted by molar-refractivity contribution is -0.479. The number of carbonyl (C=O) groups excluding carboxylic acids is 2. The monoisotopic (exact) mass is 384 g/mol. The number of hydrogen-bond acceptors (Lipinski definition) is 8. The van der Waals surface area contributed by atoms with Crippen molar-refractivity contribution in [3.8, 4) is 0 Å². The molecule has 3 aliphatic heterocycles. The molecule has 0 spiro atoms. The molecule has 152 valence electrons. The van der Waals surface area contributed by atoms with Crippen molar-refractivity contribution in [2.24, 2.45) is 11.8 Å². The number of aliphatic hydroxyl groups is 1. The quantitative estimate of drug-likeness (QED) is 0.533. The van der Waals surface area contributed by atoms with E-state index in [2.05, 4.69) is 0 Å². The zero-order valence-electron chi connectivity index (χ0n) is 16.2. The molecular formula is C19H28O8. The molecule has 0 aromatic carbocycles. The number of methoxy groups -OCH3 is 1. The van der Waals surface area contributed by atoms with Crippen LogP contribution in [-0.2, 0) is 33.3 Å².